The number of hydrogen-bond donors (Lipinski definition) is 2. The van der Waals surface area contributed by atoms with Gasteiger partial charge in [-0.15, -0.1) is 0 Å². The van der Waals surface area contributed by atoms with Gasteiger partial charge in [0.1, 0.15) is 11.4 Å². The van der Waals surface area contributed by atoms with Crippen molar-refractivity contribution in [1.29, 1.82) is 11.1 Å². The van der Waals surface area contributed by atoms with Gasteiger partial charge in [-0.1, -0.05) is 12.1 Å². The number of nitrogens with one attached hydrogen (secondary N) is 2. The highest BCUT2D eigenvalue weighted by molar-refractivity contribution is 5.71. The van der Waals surface area contributed by atoms with E-state index in [1.807, 2.05) is 37.3 Å². The molecule has 0 aliphatic rings. The standard InChI is InChI=1S/C14H14N4O/c1-9-7-10(3-5-12(9)17-15)11-4-6-13(18-16)14(8-11)19-2/h3-8,15-16H,1-2H3. The van der Waals surface area contributed by atoms with Gasteiger partial charge < -0.3 is 4.74 Å². The molecule has 0 bridgehead atoms. The Morgan fingerprint density at radius 3 is 2.00 bits per heavy atom. The number of aryl methyl sites for hydroxylation is 1. The number of benzene rings is 2. The minimum absolute atomic E-state index is 0.501. The second-order valence-corrected chi connectivity index (χ2v) is 4.11. The van der Waals surface area contributed by atoms with Crippen LogP contribution in [0.5, 0.6) is 5.75 Å². The Morgan fingerprint density at radius 2 is 1.47 bits per heavy atom. The highest BCUT2D eigenvalue weighted by Crippen LogP contribution is 2.33. The van der Waals surface area contributed by atoms with Crippen molar-refractivity contribution in [1.82, 2.24) is 0 Å². The number of methoxy groups -OCH3 is 1. The smallest absolute Gasteiger partial charge is 0.146 e. The largest absolute Gasteiger partial charge is 0.494 e. The van der Waals surface area contributed by atoms with Gasteiger partial charge in [-0.25, -0.2) is 11.1 Å². The molecule has 5 nitrogen and oxygen atoms in total. The average Bonchev–Trinajstić information content (AvgIpc) is 2.46. The molecule has 0 unspecified atom stereocenters. The summed E-state index contributed by atoms with van der Waals surface area (Å²) in [7, 11) is 1.56. The lowest BCUT2D eigenvalue weighted by atomic mass is 10.0. The van der Waals surface area contributed by atoms with Crippen LogP contribution in [0.25, 0.3) is 11.1 Å². The fourth-order valence-corrected chi connectivity index (χ4v) is 1.91. The van der Waals surface area contributed by atoms with Gasteiger partial charge in [0.2, 0.25) is 0 Å². The van der Waals surface area contributed by atoms with Crippen LogP contribution >= 0.6 is 0 Å². The second-order valence-electron chi connectivity index (χ2n) is 4.11. The van der Waals surface area contributed by atoms with Crippen molar-refractivity contribution in [3.8, 4) is 16.9 Å². The lowest BCUT2D eigenvalue weighted by Gasteiger charge is -2.08. The molecule has 2 aromatic carbocycles. The zero-order chi connectivity index (χ0) is 13.8. The molecule has 0 saturated carbocycles. The van der Waals surface area contributed by atoms with E-state index < -0.39 is 0 Å². The van der Waals surface area contributed by atoms with Gasteiger partial charge in [0.25, 0.3) is 0 Å². The highest BCUT2D eigenvalue weighted by Gasteiger charge is 2.06. The van der Waals surface area contributed by atoms with Crippen LogP contribution < -0.4 is 4.74 Å². The summed E-state index contributed by atoms with van der Waals surface area (Å²) in [5, 5.41) is 6.86. The van der Waals surface area contributed by atoms with Crippen LogP contribution in [-0.4, -0.2) is 7.11 Å². The first-order valence-electron chi connectivity index (χ1n) is 5.73. The number of rotatable bonds is 4. The summed E-state index contributed by atoms with van der Waals surface area (Å²) in [4.78, 5) is 0. The van der Waals surface area contributed by atoms with Gasteiger partial charge in [0, 0.05) is 0 Å². The van der Waals surface area contributed by atoms with Crippen molar-refractivity contribution in [2.24, 2.45) is 10.2 Å². The first-order valence-corrected chi connectivity index (χ1v) is 5.73. The monoisotopic (exact) mass is 254 g/mol. The van der Waals surface area contributed by atoms with Crippen LogP contribution in [-0.2, 0) is 0 Å². The zero-order valence-corrected chi connectivity index (χ0v) is 10.8. The van der Waals surface area contributed by atoms with Crippen LogP contribution in [0.15, 0.2) is 46.6 Å². The summed E-state index contributed by atoms with van der Waals surface area (Å²) in [5.41, 5.74) is 18.2. The molecule has 0 heterocycles. The third kappa shape index (κ3) is 2.49. The Balaban J connectivity index is 2.50. The van der Waals surface area contributed by atoms with Crippen LogP contribution in [0, 0.1) is 18.0 Å². The molecule has 5 heteroatoms. The van der Waals surface area contributed by atoms with Crippen molar-refractivity contribution in [3.63, 3.8) is 0 Å². The molecule has 0 amide bonds. The summed E-state index contributed by atoms with van der Waals surface area (Å²) < 4.78 is 5.21. The maximum atomic E-state index is 7.06. The topological polar surface area (TPSA) is 81.7 Å². The zero-order valence-electron chi connectivity index (χ0n) is 10.8. The molecule has 0 saturated heterocycles. The third-order valence-electron chi connectivity index (χ3n) is 2.95. The summed E-state index contributed by atoms with van der Waals surface area (Å²) in [6.45, 7) is 1.92. The third-order valence-corrected chi connectivity index (χ3v) is 2.95. The van der Waals surface area contributed by atoms with Crippen molar-refractivity contribution in [3.05, 3.63) is 42.0 Å². The minimum Gasteiger partial charge on any atom is -0.494 e. The molecule has 0 aliphatic carbocycles. The van der Waals surface area contributed by atoms with Gasteiger partial charge >= 0.3 is 0 Å². The maximum Gasteiger partial charge on any atom is 0.146 e. The van der Waals surface area contributed by atoms with Gasteiger partial charge in [-0.3, -0.25) is 0 Å². The fraction of sp³-hybridized carbons (Fsp3) is 0.143. The van der Waals surface area contributed by atoms with Gasteiger partial charge in [-0.05, 0) is 47.9 Å². The number of ether oxygens (including phenoxy) is 1. The van der Waals surface area contributed by atoms with Gasteiger partial charge in [-0.2, -0.15) is 10.2 Å². The van der Waals surface area contributed by atoms with Crippen molar-refractivity contribution < 1.29 is 4.74 Å². The quantitative estimate of drug-likeness (QED) is 0.740. The molecular formula is C14H14N4O. The molecule has 0 atom stereocenters. The van der Waals surface area contributed by atoms with Crippen LogP contribution in [0.3, 0.4) is 0 Å². The molecule has 0 radical (unpaired) electrons. The SMILES string of the molecule is COc1cc(-c2ccc(N=N)c(C)c2)ccc1N=N. The van der Waals surface area contributed by atoms with Gasteiger partial charge in [0.15, 0.2) is 0 Å². The van der Waals surface area contributed by atoms with E-state index in [0.29, 0.717) is 17.1 Å². The van der Waals surface area contributed by atoms with E-state index in [-0.39, 0.29) is 0 Å². The lowest BCUT2D eigenvalue weighted by molar-refractivity contribution is 0.416. The van der Waals surface area contributed by atoms with E-state index in [9.17, 15) is 0 Å². The predicted molar refractivity (Wildman–Crippen MR) is 72.8 cm³/mol. The Bertz CT molecular complexity index is 637. The van der Waals surface area contributed by atoms with E-state index in [1.54, 1.807) is 13.2 Å². The van der Waals surface area contributed by atoms with Crippen molar-refractivity contribution >= 4 is 11.4 Å². The Labute approximate surface area is 111 Å². The molecule has 0 aromatic heterocycles. The number of hydrogen-bond acceptors (Lipinski definition) is 5. The van der Waals surface area contributed by atoms with E-state index in [1.165, 1.54) is 0 Å². The van der Waals surface area contributed by atoms with Crippen molar-refractivity contribution in [2.45, 2.75) is 6.92 Å². The van der Waals surface area contributed by atoms with E-state index in [4.69, 9.17) is 15.8 Å². The van der Waals surface area contributed by atoms with E-state index in [0.717, 1.165) is 16.7 Å². The Hall–Kier alpha value is -2.56. The van der Waals surface area contributed by atoms with Crippen LogP contribution in [0.4, 0.5) is 11.4 Å². The normalized spacial score (nSPS) is 10.0. The van der Waals surface area contributed by atoms with E-state index >= 15 is 0 Å². The first-order chi connectivity index (χ1) is 9.19. The van der Waals surface area contributed by atoms with Crippen LogP contribution in [0.1, 0.15) is 5.56 Å². The summed E-state index contributed by atoms with van der Waals surface area (Å²) >= 11 is 0. The average molecular weight is 254 g/mol. The highest BCUT2D eigenvalue weighted by atomic mass is 16.5. The van der Waals surface area contributed by atoms with Gasteiger partial charge in [0.05, 0.1) is 12.8 Å². The first kappa shape index (κ1) is 12.9. The summed E-state index contributed by atoms with van der Waals surface area (Å²) in [6.07, 6.45) is 0. The summed E-state index contributed by atoms with van der Waals surface area (Å²) in [6, 6.07) is 11.2. The Kier molecular flexibility index (Phi) is 3.66. The Morgan fingerprint density at radius 1 is 0.895 bits per heavy atom. The number of nitrogens with zero attached hydrogens (tertiary/aromatic N) is 2. The molecule has 2 aromatic rings. The molecule has 96 valence electrons. The minimum atomic E-state index is 0.501. The second kappa shape index (κ2) is 5.39. The fourth-order valence-electron chi connectivity index (χ4n) is 1.91. The molecule has 19 heavy (non-hydrogen) atoms. The molecular weight excluding hydrogens is 240 g/mol. The van der Waals surface area contributed by atoms with Crippen molar-refractivity contribution in [2.75, 3.05) is 7.11 Å². The molecule has 2 N–H and O–H groups in total. The van der Waals surface area contributed by atoms with E-state index in [2.05, 4.69) is 10.2 Å². The van der Waals surface area contributed by atoms with Crippen LogP contribution in [0.2, 0.25) is 0 Å². The molecule has 0 fully saturated rings. The lowest BCUT2D eigenvalue weighted by Crippen LogP contribution is -1.86. The molecule has 0 spiro atoms. The molecule has 0 aliphatic heterocycles. The summed E-state index contributed by atoms with van der Waals surface area (Å²) in [5.74, 6) is 0.569. The maximum absolute atomic E-state index is 7.06. The molecule has 2 rings (SSSR count). The predicted octanol–water partition coefficient (Wildman–Crippen LogP) is 5.00.